The first kappa shape index (κ1) is 15.5. The fourth-order valence-corrected chi connectivity index (χ4v) is 4.35. The summed E-state index contributed by atoms with van der Waals surface area (Å²) in [6, 6.07) is 19.0. The van der Waals surface area contributed by atoms with E-state index < -0.39 is 0 Å². The molecule has 2 aromatic carbocycles. The fourth-order valence-electron chi connectivity index (χ4n) is 4.08. The van der Waals surface area contributed by atoms with Crippen molar-refractivity contribution in [3.63, 3.8) is 0 Å². The Morgan fingerprint density at radius 3 is 2.21 bits per heavy atom. The maximum absolute atomic E-state index is 5.49. The second-order valence-corrected chi connectivity index (χ2v) is 7.36. The molecule has 24 heavy (non-hydrogen) atoms. The van der Waals surface area contributed by atoms with Crippen molar-refractivity contribution in [2.45, 2.75) is 31.7 Å². The highest BCUT2D eigenvalue weighted by Gasteiger charge is 2.39. The molecule has 2 bridgehead atoms. The van der Waals surface area contributed by atoms with Crippen LogP contribution < -0.4 is 16.0 Å². The first-order valence-corrected chi connectivity index (χ1v) is 9.17. The quantitative estimate of drug-likeness (QED) is 0.693. The van der Waals surface area contributed by atoms with Crippen LogP contribution in [0.2, 0.25) is 0 Å². The molecule has 3 N–H and O–H groups in total. The van der Waals surface area contributed by atoms with Crippen molar-refractivity contribution in [1.82, 2.24) is 5.32 Å². The van der Waals surface area contributed by atoms with Crippen molar-refractivity contribution in [3.8, 4) is 0 Å². The number of thiocarbonyl (C=S) groups is 1. The summed E-state index contributed by atoms with van der Waals surface area (Å²) in [5.41, 5.74) is 3.18. The molecule has 2 aliphatic carbocycles. The summed E-state index contributed by atoms with van der Waals surface area (Å²) in [7, 11) is 0. The van der Waals surface area contributed by atoms with Gasteiger partial charge in [0.15, 0.2) is 5.11 Å². The molecule has 124 valence electrons. The Morgan fingerprint density at radius 2 is 1.54 bits per heavy atom. The number of para-hydroxylation sites is 1. The SMILES string of the molecule is S=C(Nc1ccc(Nc2ccccc2)cc1)N[C@H]1C[C@@H]2CC[C@@H]1C2. The van der Waals surface area contributed by atoms with E-state index in [0.717, 1.165) is 34.0 Å². The molecule has 4 heteroatoms. The van der Waals surface area contributed by atoms with E-state index in [1.807, 2.05) is 18.2 Å². The highest BCUT2D eigenvalue weighted by molar-refractivity contribution is 7.80. The third-order valence-electron chi connectivity index (χ3n) is 5.26. The van der Waals surface area contributed by atoms with E-state index in [0.29, 0.717) is 6.04 Å². The van der Waals surface area contributed by atoms with Crippen LogP contribution in [0.3, 0.4) is 0 Å². The molecular formula is C20H23N3S. The standard InChI is InChI=1S/C20H23N3S/c24-20(23-19-13-14-6-7-15(19)12-14)22-18-10-8-17(9-11-18)21-16-4-2-1-3-5-16/h1-5,8-11,14-15,19,21H,6-7,12-13H2,(H2,22,23,24)/t14-,15-,19+/m1/s1. The number of rotatable bonds is 4. The van der Waals surface area contributed by atoms with Gasteiger partial charge >= 0.3 is 0 Å². The van der Waals surface area contributed by atoms with Crippen LogP contribution in [0.15, 0.2) is 54.6 Å². The molecule has 0 radical (unpaired) electrons. The molecule has 4 rings (SSSR count). The van der Waals surface area contributed by atoms with Gasteiger partial charge in [0, 0.05) is 23.1 Å². The molecule has 3 nitrogen and oxygen atoms in total. The Hall–Kier alpha value is -2.07. The fraction of sp³-hybridized carbons (Fsp3) is 0.350. The molecular weight excluding hydrogens is 314 g/mol. The van der Waals surface area contributed by atoms with E-state index in [4.69, 9.17) is 12.2 Å². The van der Waals surface area contributed by atoms with Gasteiger partial charge in [0.25, 0.3) is 0 Å². The Balaban J connectivity index is 1.31. The molecule has 0 heterocycles. The van der Waals surface area contributed by atoms with Gasteiger partial charge in [0.2, 0.25) is 0 Å². The van der Waals surface area contributed by atoms with Crippen molar-refractivity contribution >= 4 is 34.4 Å². The van der Waals surface area contributed by atoms with Crippen LogP contribution in [-0.4, -0.2) is 11.2 Å². The normalized spacial score (nSPS) is 24.6. The lowest BCUT2D eigenvalue weighted by Gasteiger charge is -2.24. The van der Waals surface area contributed by atoms with Crippen molar-refractivity contribution in [2.75, 3.05) is 10.6 Å². The molecule has 0 spiro atoms. The highest BCUT2D eigenvalue weighted by atomic mass is 32.1. The van der Waals surface area contributed by atoms with Crippen molar-refractivity contribution in [2.24, 2.45) is 11.8 Å². The molecule has 3 atom stereocenters. The van der Waals surface area contributed by atoms with Crippen LogP contribution in [0.25, 0.3) is 0 Å². The van der Waals surface area contributed by atoms with Crippen LogP contribution in [-0.2, 0) is 0 Å². The average molecular weight is 337 g/mol. The largest absolute Gasteiger partial charge is 0.359 e. The predicted molar refractivity (Wildman–Crippen MR) is 105 cm³/mol. The van der Waals surface area contributed by atoms with Crippen molar-refractivity contribution in [3.05, 3.63) is 54.6 Å². The maximum atomic E-state index is 5.49. The minimum absolute atomic E-state index is 0.572. The number of hydrogen-bond donors (Lipinski definition) is 3. The van der Waals surface area contributed by atoms with Gasteiger partial charge in [-0.3, -0.25) is 0 Å². The van der Waals surface area contributed by atoms with Crippen molar-refractivity contribution in [1.29, 1.82) is 0 Å². The second-order valence-electron chi connectivity index (χ2n) is 6.95. The van der Waals surface area contributed by atoms with E-state index in [2.05, 4.69) is 52.3 Å². The Bertz CT molecular complexity index is 699. The molecule has 0 aromatic heterocycles. The third-order valence-corrected chi connectivity index (χ3v) is 5.48. The van der Waals surface area contributed by atoms with Gasteiger partial charge in [-0.1, -0.05) is 24.6 Å². The summed E-state index contributed by atoms with van der Waals surface area (Å²) < 4.78 is 0. The van der Waals surface area contributed by atoms with Crippen LogP contribution >= 0.6 is 12.2 Å². The van der Waals surface area contributed by atoms with E-state index in [-0.39, 0.29) is 0 Å². The lowest BCUT2D eigenvalue weighted by molar-refractivity contribution is 0.392. The van der Waals surface area contributed by atoms with Crippen LogP contribution in [0.4, 0.5) is 17.1 Å². The second kappa shape index (κ2) is 6.81. The van der Waals surface area contributed by atoms with Gasteiger partial charge in [-0.05, 0) is 79.7 Å². The zero-order chi connectivity index (χ0) is 16.4. The van der Waals surface area contributed by atoms with Gasteiger partial charge in [0.05, 0.1) is 0 Å². The van der Waals surface area contributed by atoms with Crippen molar-refractivity contribution < 1.29 is 0 Å². The van der Waals surface area contributed by atoms with Gasteiger partial charge in [-0.2, -0.15) is 0 Å². The Kier molecular flexibility index (Phi) is 4.39. The zero-order valence-electron chi connectivity index (χ0n) is 13.7. The lowest BCUT2D eigenvalue weighted by atomic mass is 9.96. The third kappa shape index (κ3) is 3.54. The first-order valence-electron chi connectivity index (χ1n) is 8.76. The summed E-state index contributed by atoms with van der Waals surface area (Å²) in [5, 5.41) is 11.0. The summed E-state index contributed by atoms with van der Waals surface area (Å²) in [6.45, 7) is 0. The number of anilines is 3. The predicted octanol–water partition coefficient (Wildman–Crippen LogP) is 4.91. The molecule has 2 saturated carbocycles. The minimum atomic E-state index is 0.572. The van der Waals surface area contributed by atoms with Gasteiger partial charge in [-0.25, -0.2) is 0 Å². The molecule has 2 aromatic rings. The maximum Gasteiger partial charge on any atom is 0.171 e. The van der Waals surface area contributed by atoms with E-state index in [9.17, 15) is 0 Å². The topological polar surface area (TPSA) is 36.1 Å². The van der Waals surface area contributed by atoms with Gasteiger partial charge in [-0.15, -0.1) is 0 Å². The molecule has 2 fully saturated rings. The number of hydrogen-bond acceptors (Lipinski definition) is 2. The van der Waals surface area contributed by atoms with Gasteiger partial charge < -0.3 is 16.0 Å². The van der Waals surface area contributed by atoms with Crippen LogP contribution in [0, 0.1) is 11.8 Å². The summed E-state index contributed by atoms with van der Waals surface area (Å²) >= 11 is 5.49. The number of benzene rings is 2. The molecule has 0 unspecified atom stereocenters. The molecule has 0 aliphatic heterocycles. The first-order chi connectivity index (χ1) is 11.8. The smallest absolute Gasteiger partial charge is 0.171 e. The Labute approximate surface area is 148 Å². The molecule has 2 aliphatic rings. The molecule has 0 saturated heterocycles. The number of fused-ring (bicyclic) bond motifs is 2. The Morgan fingerprint density at radius 1 is 0.833 bits per heavy atom. The van der Waals surface area contributed by atoms with E-state index in [1.165, 1.54) is 25.7 Å². The molecule has 0 amide bonds. The van der Waals surface area contributed by atoms with Gasteiger partial charge in [0.1, 0.15) is 0 Å². The van der Waals surface area contributed by atoms with Crippen LogP contribution in [0.5, 0.6) is 0 Å². The van der Waals surface area contributed by atoms with Crippen LogP contribution in [0.1, 0.15) is 25.7 Å². The monoisotopic (exact) mass is 337 g/mol. The summed E-state index contributed by atoms with van der Waals surface area (Å²) in [4.78, 5) is 0. The van der Waals surface area contributed by atoms with E-state index in [1.54, 1.807) is 0 Å². The minimum Gasteiger partial charge on any atom is -0.359 e. The average Bonchev–Trinajstić information content (AvgIpc) is 3.20. The summed E-state index contributed by atoms with van der Waals surface area (Å²) in [6.07, 6.45) is 5.45. The zero-order valence-corrected chi connectivity index (χ0v) is 14.5. The van der Waals surface area contributed by atoms with E-state index >= 15 is 0 Å². The highest BCUT2D eigenvalue weighted by Crippen LogP contribution is 2.44. The number of nitrogens with one attached hydrogen (secondary N) is 3. The summed E-state index contributed by atoms with van der Waals surface area (Å²) in [5.74, 6) is 1.76. The lowest BCUT2D eigenvalue weighted by Crippen LogP contribution is -2.40.